The second-order valence-electron chi connectivity index (χ2n) is 1.15. The van der Waals surface area contributed by atoms with E-state index in [4.69, 9.17) is 10.5 Å². The molecule has 0 aliphatic carbocycles. The Morgan fingerprint density at radius 1 is 1.71 bits per heavy atom. The van der Waals surface area contributed by atoms with Crippen LogP contribution in [0, 0.1) is 0 Å². The Kier molecular flexibility index (Phi) is 5.39. The first-order valence-corrected chi connectivity index (χ1v) is 2.30. The second kappa shape index (κ2) is 5.66. The predicted molar refractivity (Wildman–Crippen MR) is 29.8 cm³/mol. The Bertz CT molecular complexity index is 45.3. The highest BCUT2D eigenvalue weighted by Crippen LogP contribution is 1.78. The van der Waals surface area contributed by atoms with Crippen LogP contribution in [-0.2, 0) is 4.74 Å². The molecule has 0 saturated carbocycles. The van der Waals surface area contributed by atoms with Gasteiger partial charge in [-0.15, -0.1) is 6.58 Å². The van der Waals surface area contributed by atoms with E-state index in [2.05, 4.69) is 6.58 Å². The average Bonchev–Trinajstić information content (AvgIpc) is 1.69. The van der Waals surface area contributed by atoms with Crippen molar-refractivity contribution in [2.75, 3.05) is 13.3 Å². The van der Waals surface area contributed by atoms with Crippen molar-refractivity contribution in [2.24, 2.45) is 5.73 Å². The Morgan fingerprint density at radius 3 is 2.86 bits per heavy atom. The summed E-state index contributed by atoms with van der Waals surface area (Å²) in [6.07, 6.45) is 2.69. The highest BCUT2D eigenvalue weighted by Gasteiger charge is 1.75. The van der Waals surface area contributed by atoms with Crippen molar-refractivity contribution < 1.29 is 4.74 Å². The van der Waals surface area contributed by atoms with Gasteiger partial charge in [-0.3, -0.25) is 0 Å². The van der Waals surface area contributed by atoms with Crippen molar-refractivity contribution in [3.63, 3.8) is 0 Å². The van der Waals surface area contributed by atoms with E-state index < -0.39 is 0 Å². The van der Waals surface area contributed by atoms with Crippen LogP contribution >= 0.6 is 0 Å². The molecule has 2 nitrogen and oxygen atoms in total. The summed E-state index contributed by atoms with van der Waals surface area (Å²) in [5.41, 5.74) is 5.01. The van der Waals surface area contributed by atoms with Crippen molar-refractivity contribution >= 4 is 0 Å². The molecular weight excluding hydrogens is 90.1 g/mol. The monoisotopic (exact) mass is 101 g/mol. The van der Waals surface area contributed by atoms with Crippen LogP contribution in [0.4, 0.5) is 0 Å². The van der Waals surface area contributed by atoms with Gasteiger partial charge >= 0.3 is 0 Å². The van der Waals surface area contributed by atoms with Gasteiger partial charge in [0.1, 0.15) is 0 Å². The van der Waals surface area contributed by atoms with Gasteiger partial charge in [-0.1, -0.05) is 6.08 Å². The highest BCUT2D eigenvalue weighted by molar-refractivity contribution is 4.64. The highest BCUT2D eigenvalue weighted by atomic mass is 16.5. The van der Waals surface area contributed by atoms with Crippen LogP contribution in [0.3, 0.4) is 0 Å². The van der Waals surface area contributed by atoms with Crippen molar-refractivity contribution in [1.82, 2.24) is 0 Å². The van der Waals surface area contributed by atoms with Crippen LogP contribution < -0.4 is 5.73 Å². The van der Waals surface area contributed by atoms with Gasteiger partial charge < -0.3 is 10.5 Å². The molecule has 0 aromatic carbocycles. The van der Waals surface area contributed by atoms with Crippen molar-refractivity contribution in [3.8, 4) is 0 Å². The zero-order valence-corrected chi connectivity index (χ0v) is 4.39. The van der Waals surface area contributed by atoms with E-state index in [9.17, 15) is 0 Å². The first-order valence-electron chi connectivity index (χ1n) is 2.30. The maximum Gasteiger partial charge on any atom is 0.0940 e. The molecule has 0 fully saturated rings. The largest absolute Gasteiger partial charge is 0.366 e. The Hall–Kier alpha value is -0.340. The summed E-state index contributed by atoms with van der Waals surface area (Å²) in [6.45, 7) is 4.52. The van der Waals surface area contributed by atoms with Gasteiger partial charge in [0.25, 0.3) is 0 Å². The molecule has 2 heteroatoms. The molecule has 0 unspecified atom stereocenters. The van der Waals surface area contributed by atoms with Crippen molar-refractivity contribution in [1.29, 1.82) is 0 Å². The maximum absolute atomic E-state index is 5.01. The van der Waals surface area contributed by atoms with Crippen LogP contribution in [0.1, 0.15) is 6.42 Å². The number of hydrogen-bond donors (Lipinski definition) is 1. The quantitative estimate of drug-likeness (QED) is 0.318. The van der Waals surface area contributed by atoms with Gasteiger partial charge in [0.15, 0.2) is 0 Å². The van der Waals surface area contributed by atoms with Gasteiger partial charge in [0.05, 0.1) is 13.3 Å². The van der Waals surface area contributed by atoms with Gasteiger partial charge in [-0.2, -0.15) is 0 Å². The third kappa shape index (κ3) is 5.66. The molecule has 0 heterocycles. The molecule has 0 bridgehead atoms. The molecule has 0 aliphatic rings. The zero-order valence-electron chi connectivity index (χ0n) is 4.39. The minimum Gasteiger partial charge on any atom is -0.366 e. The summed E-state index contributed by atoms with van der Waals surface area (Å²) in [5, 5.41) is 0. The predicted octanol–water partition coefficient (Wildman–Crippen LogP) is 0.495. The van der Waals surface area contributed by atoms with Gasteiger partial charge in [0, 0.05) is 0 Å². The van der Waals surface area contributed by atoms with E-state index in [1.807, 2.05) is 0 Å². The smallest absolute Gasteiger partial charge is 0.0940 e. The normalized spacial score (nSPS) is 8.71. The zero-order chi connectivity index (χ0) is 5.54. The lowest BCUT2D eigenvalue weighted by Gasteiger charge is -1.92. The average molecular weight is 101 g/mol. The molecule has 0 aromatic heterocycles. The summed E-state index contributed by atoms with van der Waals surface area (Å²) < 4.78 is 4.78. The number of nitrogens with two attached hydrogens (primary N) is 1. The summed E-state index contributed by atoms with van der Waals surface area (Å²) in [5.74, 6) is 0. The second-order valence-corrected chi connectivity index (χ2v) is 1.15. The fraction of sp³-hybridized carbons (Fsp3) is 0.600. The minimum absolute atomic E-state index is 0.313. The standard InChI is InChI=1S/C5H11NO/c1-2-3-4-7-5-6/h2H,1,3-6H2. The molecule has 0 saturated heterocycles. The summed E-state index contributed by atoms with van der Waals surface area (Å²) in [6, 6.07) is 0. The molecule has 0 atom stereocenters. The molecule has 0 aliphatic heterocycles. The van der Waals surface area contributed by atoms with E-state index in [-0.39, 0.29) is 0 Å². The van der Waals surface area contributed by atoms with E-state index in [0.717, 1.165) is 6.42 Å². The molecule has 0 rings (SSSR count). The topological polar surface area (TPSA) is 35.2 Å². The third-order valence-electron chi connectivity index (χ3n) is 0.584. The number of hydrogen-bond acceptors (Lipinski definition) is 2. The lowest BCUT2D eigenvalue weighted by molar-refractivity contribution is 0.146. The molecule has 42 valence electrons. The molecule has 2 N–H and O–H groups in total. The van der Waals surface area contributed by atoms with Gasteiger partial charge in [-0.05, 0) is 6.42 Å². The third-order valence-corrected chi connectivity index (χ3v) is 0.584. The minimum atomic E-state index is 0.313. The maximum atomic E-state index is 5.01. The van der Waals surface area contributed by atoms with E-state index in [1.54, 1.807) is 6.08 Å². The van der Waals surface area contributed by atoms with Crippen LogP contribution in [-0.4, -0.2) is 13.3 Å². The van der Waals surface area contributed by atoms with Crippen LogP contribution in [0.5, 0.6) is 0 Å². The fourth-order valence-corrected chi connectivity index (χ4v) is 0.250. The summed E-state index contributed by atoms with van der Waals surface area (Å²) in [4.78, 5) is 0. The van der Waals surface area contributed by atoms with Crippen LogP contribution in [0.2, 0.25) is 0 Å². The van der Waals surface area contributed by atoms with E-state index in [1.165, 1.54) is 0 Å². The Balaban J connectivity index is 2.56. The fourth-order valence-electron chi connectivity index (χ4n) is 0.250. The van der Waals surface area contributed by atoms with E-state index >= 15 is 0 Å². The molecule has 0 aromatic rings. The Morgan fingerprint density at radius 2 is 2.43 bits per heavy atom. The van der Waals surface area contributed by atoms with Crippen LogP contribution in [0.25, 0.3) is 0 Å². The van der Waals surface area contributed by atoms with Gasteiger partial charge in [-0.25, -0.2) is 0 Å². The number of rotatable bonds is 4. The summed E-state index contributed by atoms with van der Waals surface area (Å²) >= 11 is 0. The molecule has 7 heavy (non-hydrogen) atoms. The molecular formula is C5H11NO. The first kappa shape index (κ1) is 6.66. The lowest BCUT2D eigenvalue weighted by atomic mass is 10.5. The molecule has 0 amide bonds. The van der Waals surface area contributed by atoms with Gasteiger partial charge in [0.2, 0.25) is 0 Å². The first-order chi connectivity index (χ1) is 3.41. The number of ether oxygens (including phenoxy) is 1. The van der Waals surface area contributed by atoms with Crippen molar-refractivity contribution in [2.45, 2.75) is 6.42 Å². The SMILES string of the molecule is C=CCCOCN. The lowest BCUT2D eigenvalue weighted by Crippen LogP contribution is -2.04. The summed E-state index contributed by atoms with van der Waals surface area (Å²) in [7, 11) is 0. The van der Waals surface area contributed by atoms with Crippen molar-refractivity contribution in [3.05, 3.63) is 12.7 Å². The Labute approximate surface area is 44.0 Å². The molecule has 0 spiro atoms. The van der Waals surface area contributed by atoms with Crippen LogP contribution in [0.15, 0.2) is 12.7 Å². The molecule has 0 radical (unpaired) electrons. The van der Waals surface area contributed by atoms with E-state index in [0.29, 0.717) is 13.3 Å².